The molecule has 8 heteroatoms. The predicted octanol–water partition coefficient (Wildman–Crippen LogP) is 2.22. The highest BCUT2D eigenvalue weighted by molar-refractivity contribution is 5.77. The SMILES string of the molecule is O=C(CN1CCC(c2nc(-c3ccccn3)no2)CC1)NCc1ccco1. The van der Waals surface area contributed by atoms with Crippen LogP contribution in [0.4, 0.5) is 0 Å². The van der Waals surface area contributed by atoms with Crippen molar-refractivity contribution >= 4 is 5.91 Å². The maximum Gasteiger partial charge on any atom is 0.234 e. The number of likely N-dealkylation sites (tertiary alicyclic amines) is 1. The van der Waals surface area contributed by atoms with Gasteiger partial charge in [-0.15, -0.1) is 0 Å². The zero-order chi connectivity index (χ0) is 18.5. The van der Waals surface area contributed by atoms with E-state index in [1.165, 1.54) is 0 Å². The molecule has 0 saturated carbocycles. The number of furan rings is 1. The van der Waals surface area contributed by atoms with Crippen molar-refractivity contribution < 1.29 is 13.7 Å². The molecule has 3 aromatic heterocycles. The molecule has 1 N–H and O–H groups in total. The fraction of sp³-hybridized carbons (Fsp3) is 0.368. The molecule has 8 nitrogen and oxygen atoms in total. The van der Waals surface area contributed by atoms with Gasteiger partial charge in [-0.25, -0.2) is 0 Å². The second-order valence-corrected chi connectivity index (χ2v) is 6.58. The van der Waals surface area contributed by atoms with Gasteiger partial charge in [0.2, 0.25) is 17.6 Å². The molecule has 0 atom stereocenters. The monoisotopic (exact) mass is 367 g/mol. The molecule has 1 amide bonds. The van der Waals surface area contributed by atoms with Gasteiger partial charge in [0, 0.05) is 12.1 Å². The average Bonchev–Trinajstić information content (AvgIpc) is 3.40. The molecule has 0 unspecified atom stereocenters. The number of carbonyl (C=O) groups is 1. The van der Waals surface area contributed by atoms with Crippen LogP contribution in [0, 0.1) is 0 Å². The highest BCUT2D eigenvalue weighted by Crippen LogP contribution is 2.27. The first-order chi connectivity index (χ1) is 13.3. The molecular weight excluding hydrogens is 346 g/mol. The number of hydrogen-bond donors (Lipinski definition) is 1. The van der Waals surface area contributed by atoms with E-state index < -0.39 is 0 Å². The van der Waals surface area contributed by atoms with Gasteiger partial charge in [0.25, 0.3) is 0 Å². The van der Waals surface area contributed by atoms with E-state index >= 15 is 0 Å². The van der Waals surface area contributed by atoms with E-state index in [0.29, 0.717) is 30.5 Å². The standard InChI is InChI=1S/C19H21N5O3/c25-17(21-12-15-4-3-11-26-15)13-24-9-6-14(7-10-24)19-22-18(23-27-19)16-5-1-2-8-20-16/h1-5,8,11,14H,6-7,9-10,12-13H2,(H,21,25). The summed E-state index contributed by atoms with van der Waals surface area (Å²) in [5.41, 5.74) is 0.707. The third kappa shape index (κ3) is 4.40. The Bertz CT molecular complexity index is 855. The summed E-state index contributed by atoms with van der Waals surface area (Å²) in [4.78, 5) is 23.0. The van der Waals surface area contributed by atoms with Gasteiger partial charge in [-0.3, -0.25) is 14.7 Å². The Labute approximate surface area is 156 Å². The van der Waals surface area contributed by atoms with Crippen molar-refractivity contribution in [2.75, 3.05) is 19.6 Å². The van der Waals surface area contributed by atoms with Crippen LogP contribution in [0.15, 0.2) is 51.7 Å². The van der Waals surface area contributed by atoms with E-state index in [9.17, 15) is 4.79 Å². The molecule has 1 saturated heterocycles. The van der Waals surface area contributed by atoms with Crippen molar-refractivity contribution in [3.8, 4) is 11.5 Å². The Kier molecular flexibility index (Phi) is 5.24. The van der Waals surface area contributed by atoms with E-state index in [2.05, 4.69) is 25.3 Å². The van der Waals surface area contributed by atoms with Crippen LogP contribution >= 0.6 is 0 Å². The van der Waals surface area contributed by atoms with Gasteiger partial charge < -0.3 is 14.3 Å². The van der Waals surface area contributed by atoms with Gasteiger partial charge in [0.1, 0.15) is 11.5 Å². The molecule has 0 radical (unpaired) electrons. The molecular formula is C19H21N5O3. The van der Waals surface area contributed by atoms with Crippen molar-refractivity contribution in [1.29, 1.82) is 0 Å². The minimum Gasteiger partial charge on any atom is -0.467 e. The fourth-order valence-corrected chi connectivity index (χ4v) is 3.20. The molecule has 140 valence electrons. The lowest BCUT2D eigenvalue weighted by atomic mass is 9.97. The summed E-state index contributed by atoms with van der Waals surface area (Å²) in [6.45, 7) is 2.44. The first kappa shape index (κ1) is 17.4. The maximum absolute atomic E-state index is 12.1. The zero-order valence-electron chi connectivity index (χ0n) is 14.9. The van der Waals surface area contributed by atoms with Crippen LogP contribution in [-0.2, 0) is 11.3 Å². The number of nitrogens with zero attached hydrogens (tertiary/aromatic N) is 4. The quantitative estimate of drug-likeness (QED) is 0.713. The Balaban J connectivity index is 1.25. The van der Waals surface area contributed by atoms with Gasteiger partial charge >= 0.3 is 0 Å². The third-order valence-corrected chi connectivity index (χ3v) is 4.68. The number of rotatable bonds is 6. The molecule has 1 aliphatic rings. The van der Waals surface area contributed by atoms with Crippen LogP contribution in [0.25, 0.3) is 11.5 Å². The Morgan fingerprint density at radius 3 is 2.85 bits per heavy atom. The highest BCUT2D eigenvalue weighted by Gasteiger charge is 2.26. The number of aromatic nitrogens is 3. The molecule has 4 heterocycles. The highest BCUT2D eigenvalue weighted by atomic mass is 16.5. The number of hydrogen-bond acceptors (Lipinski definition) is 7. The number of pyridine rings is 1. The summed E-state index contributed by atoms with van der Waals surface area (Å²) in [6, 6.07) is 9.26. The zero-order valence-corrected chi connectivity index (χ0v) is 14.9. The lowest BCUT2D eigenvalue weighted by Crippen LogP contribution is -2.41. The number of amides is 1. The molecule has 0 aromatic carbocycles. The number of nitrogens with one attached hydrogen (secondary N) is 1. The minimum absolute atomic E-state index is 0.0000727. The first-order valence-electron chi connectivity index (χ1n) is 9.04. The molecule has 3 aromatic rings. The van der Waals surface area contributed by atoms with Gasteiger partial charge in [0.05, 0.1) is 19.4 Å². The average molecular weight is 367 g/mol. The minimum atomic E-state index is 0.0000727. The lowest BCUT2D eigenvalue weighted by Gasteiger charge is -2.29. The molecule has 1 fully saturated rings. The summed E-state index contributed by atoms with van der Waals surface area (Å²) in [7, 11) is 0. The van der Waals surface area contributed by atoms with Crippen molar-refractivity contribution in [3.63, 3.8) is 0 Å². The molecule has 0 aliphatic carbocycles. The smallest absolute Gasteiger partial charge is 0.234 e. The van der Waals surface area contributed by atoms with Gasteiger partial charge in [-0.2, -0.15) is 4.98 Å². The summed E-state index contributed by atoms with van der Waals surface area (Å²) in [5, 5.41) is 6.92. The molecule has 0 bridgehead atoms. The van der Waals surface area contributed by atoms with Crippen molar-refractivity contribution in [3.05, 3.63) is 54.4 Å². The van der Waals surface area contributed by atoms with Crippen molar-refractivity contribution in [2.24, 2.45) is 0 Å². The Morgan fingerprint density at radius 2 is 2.11 bits per heavy atom. The molecule has 27 heavy (non-hydrogen) atoms. The first-order valence-corrected chi connectivity index (χ1v) is 9.04. The van der Waals surface area contributed by atoms with Crippen LogP contribution < -0.4 is 5.32 Å². The topological polar surface area (TPSA) is 97.3 Å². The Morgan fingerprint density at radius 1 is 1.22 bits per heavy atom. The summed E-state index contributed by atoms with van der Waals surface area (Å²) in [6.07, 6.45) is 5.08. The molecule has 0 spiro atoms. The summed E-state index contributed by atoms with van der Waals surface area (Å²) >= 11 is 0. The van der Waals surface area contributed by atoms with Gasteiger partial charge in [-0.1, -0.05) is 11.2 Å². The lowest BCUT2D eigenvalue weighted by molar-refractivity contribution is -0.122. The largest absolute Gasteiger partial charge is 0.467 e. The normalized spacial score (nSPS) is 15.7. The Hall–Kier alpha value is -3.00. The van der Waals surface area contributed by atoms with Crippen LogP contribution in [0.3, 0.4) is 0 Å². The number of piperidine rings is 1. The van der Waals surface area contributed by atoms with E-state index in [0.717, 1.165) is 31.7 Å². The van der Waals surface area contributed by atoms with E-state index in [4.69, 9.17) is 8.94 Å². The van der Waals surface area contributed by atoms with Crippen LogP contribution in [0.2, 0.25) is 0 Å². The molecule has 4 rings (SSSR count). The van der Waals surface area contributed by atoms with E-state index in [1.807, 2.05) is 30.3 Å². The van der Waals surface area contributed by atoms with Crippen LogP contribution in [0.1, 0.15) is 30.4 Å². The van der Waals surface area contributed by atoms with Crippen LogP contribution in [0.5, 0.6) is 0 Å². The van der Waals surface area contributed by atoms with Crippen molar-refractivity contribution in [2.45, 2.75) is 25.3 Å². The second kappa shape index (κ2) is 8.13. The van der Waals surface area contributed by atoms with Gasteiger partial charge in [-0.05, 0) is 50.2 Å². The van der Waals surface area contributed by atoms with Gasteiger partial charge in [0.15, 0.2) is 0 Å². The van der Waals surface area contributed by atoms with Crippen LogP contribution in [-0.4, -0.2) is 45.6 Å². The second-order valence-electron chi connectivity index (χ2n) is 6.58. The molecule has 1 aliphatic heterocycles. The summed E-state index contributed by atoms with van der Waals surface area (Å²) < 4.78 is 10.7. The maximum atomic E-state index is 12.1. The van der Waals surface area contributed by atoms with Crippen molar-refractivity contribution in [1.82, 2.24) is 25.3 Å². The van der Waals surface area contributed by atoms with E-state index in [1.54, 1.807) is 12.5 Å². The predicted molar refractivity (Wildman–Crippen MR) is 96.5 cm³/mol. The number of carbonyl (C=O) groups excluding carboxylic acids is 1. The third-order valence-electron chi connectivity index (χ3n) is 4.68. The summed E-state index contributed by atoms with van der Waals surface area (Å²) in [5.74, 6) is 2.14. The fourth-order valence-electron chi connectivity index (χ4n) is 3.20. The van der Waals surface area contributed by atoms with E-state index in [-0.39, 0.29) is 11.8 Å².